The Labute approximate surface area is 181 Å². The predicted molar refractivity (Wildman–Crippen MR) is 118 cm³/mol. The maximum absolute atomic E-state index is 13.4. The largest absolute Gasteiger partial charge is 0.319 e. The Morgan fingerprint density at radius 3 is 2.37 bits per heavy atom. The topological polar surface area (TPSA) is 59.8 Å². The smallest absolute Gasteiger partial charge is 0.295 e. The number of nitrogens with one attached hydrogen (secondary N) is 1. The van der Waals surface area contributed by atoms with Gasteiger partial charge in [-0.1, -0.05) is 45.8 Å². The summed E-state index contributed by atoms with van der Waals surface area (Å²) in [4.78, 5) is 17.4. The molecule has 0 aliphatic rings. The molecule has 1 N–H and O–H groups in total. The van der Waals surface area contributed by atoms with Crippen molar-refractivity contribution in [1.82, 2.24) is 14.8 Å². The van der Waals surface area contributed by atoms with Crippen LogP contribution in [0.15, 0.2) is 71.2 Å². The standard InChI is InChI=1S/C23H18BrFN4O/c1-14-3-5-16(6-4-14)22-27-21(28-29(22)19-10-8-18(25)9-11-19)23(30)26-20-12-7-17(24)13-15(20)2/h3-13H,1-2H3,(H,26,30). The molecule has 1 aromatic heterocycles. The summed E-state index contributed by atoms with van der Waals surface area (Å²) in [5.41, 5.74) is 4.11. The average Bonchev–Trinajstić information content (AvgIpc) is 3.17. The van der Waals surface area contributed by atoms with Crippen LogP contribution in [0.3, 0.4) is 0 Å². The van der Waals surface area contributed by atoms with Crippen molar-refractivity contribution in [3.63, 3.8) is 0 Å². The number of hydrogen-bond donors (Lipinski definition) is 1. The van der Waals surface area contributed by atoms with Crippen molar-refractivity contribution in [3.05, 3.63) is 94.0 Å². The van der Waals surface area contributed by atoms with E-state index in [4.69, 9.17) is 0 Å². The van der Waals surface area contributed by atoms with Crippen molar-refractivity contribution in [2.75, 3.05) is 5.32 Å². The Morgan fingerprint density at radius 1 is 1.00 bits per heavy atom. The lowest BCUT2D eigenvalue weighted by Crippen LogP contribution is -2.15. The highest BCUT2D eigenvalue weighted by atomic mass is 79.9. The van der Waals surface area contributed by atoms with Crippen LogP contribution in [0.5, 0.6) is 0 Å². The first-order valence-corrected chi connectivity index (χ1v) is 10.1. The van der Waals surface area contributed by atoms with E-state index < -0.39 is 5.91 Å². The zero-order valence-electron chi connectivity index (χ0n) is 16.4. The van der Waals surface area contributed by atoms with E-state index >= 15 is 0 Å². The van der Waals surface area contributed by atoms with E-state index in [1.165, 1.54) is 12.1 Å². The van der Waals surface area contributed by atoms with Gasteiger partial charge >= 0.3 is 0 Å². The summed E-state index contributed by atoms with van der Waals surface area (Å²) in [5.74, 6) is -0.245. The quantitative estimate of drug-likeness (QED) is 0.420. The van der Waals surface area contributed by atoms with Crippen molar-refractivity contribution in [2.24, 2.45) is 0 Å². The average molecular weight is 465 g/mol. The van der Waals surface area contributed by atoms with E-state index in [0.717, 1.165) is 21.2 Å². The first-order valence-electron chi connectivity index (χ1n) is 9.28. The summed E-state index contributed by atoms with van der Waals surface area (Å²) in [7, 11) is 0. The highest BCUT2D eigenvalue weighted by Gasteiger charge is 2.19. The molecule has 0 spiro atoms. The first kappa shape index (κ1) is 20.0. The van der Waals surface area contributed by atoms with Crippen LogP contribution in [0.4, 0.5) is 10.1 Å². The second-order valence-electron chi connectivity index (χ2n) is 6.93. The molecule has 0 fully saturated rings. The molecule has 7 heteroatoms. The fraction of sp³-hybridized carbons (Fsp3) is 0.0870. The second-order valence-corrected chi connectivity index (χ2v) is 7.84. The SMILES string of the molecule is Cc1ccc(-c2nc(C(=O)Nc3ccc(Br)cc3C)nn2-c2ccc(F)cc2)cc1. The molecule has 150 valence electrons. The molecule has 4 rings (SSSR count). The molecule has 0 aliphatic carbocycles. The van der Waals surface area contributed by atoms with Crippen molar-refractivity contribution < 1.29 is 9.18 Å². The molecule has 0 atom stereocenters. The van der Waals surface area contributed by atoms with Crippen LogP contribution in [0.2, 0.25) is 0 Å². The molecule has 0 saturated carbocycles. The van der Waals surface area contributed by atoms with Gasteiger partial charge in [0.25, 0.3) is 5.91 Å². The van der Waals surface area contributed by atoms with E-state index in [9.17, 15) is 9.18 Å². The minimum atomic E-state index is -0.422. The van der Waals surface area contributed by atoms with Crippen LogP contribution in [0, 0.1) is 19.7 Å². The molecule has 30 heavy (non-hydrogen) atoms. The summed E-state index contributed by atoms with van der Waals surface area (Å²) in [6.45, 7) is 3.90. The Hall–Kier alpha value is -3.32. The highest BCUT2D eigenvalue weighted by Crippen LogP contribution is 2.24. The van der Waals surface area contributed by atoms with Crippen LogP contribution in [0.1, 0.15) is 21.7 Å². The summed E-state index contributed by atoms with van der Waals surface area (Å²) in [6.07, 6.45) is 0. The van der Waals surface area contributed by atoms with Gasteiger partial charge in [0.05, 0.1) is 5.69 Å². The lowest BCUT2D eigenvalue weighted by atomic mass is 10.1. The van der Waals surface area contributed by atoms with Gasteiger partial charge in [-0.3, -0.25) is 4.79 Å². The van der Waals surface area contributed by atoms with Gasteiger partial charge in [-0.2, -0.15) is 0 Å². The molecular weight excluding hydrogens is 447 g/mol. The molecule has 3 aromatic carbocycles. The Kier molecular flexibility index (Phi) is 5.46. The van der Waals surface area contributed by atoms with Gasteiger partial charge in [0, 0.05) is 15.7 Å². The number of rotatable bonds is 4. The number of nitrogens with zero attached hydrogens (tertiary/aromatic N) is 3. The number of halogens is 2. The van der Waals surface area contributed by atoms with Crippen LogP contribution in [0.25, 0.3) is 17.1 Å². The monoisotopic (exact) mass is 464 g/mol. The van der Waals surface area contributed by atoms with Gasteiger partial charge in [-0.15, -0.1) is 5.10 Å². The number of carbonyl (C=O) groups is 1. The molecular formula is C23H18BrFN4O. The minimum Gasteiger partial charge on any atom is -0.319 e. The number of carbonyl (C=O) groups excluding carboxylic acids is 1. The maximum atomic E-state index is 13.4. The Bertz CT molecular complexity index is 1150. The summed E-state index contributed by atoms with van der Waals surface area (Å²) in [5, 5.41) is 7.27. The summed E-state index contributed by atoms with van der Waals surface area (Å²) in [6, 6.07) is 19.2. The zero-order valence-corrected chi connectivity index (χ0v) is 17.9. The maximum Gasteiger partial charge on any atom is 0.295 e. The number of anilines is 1. The van der Waals surface area contributed by atoms with Crippen molar-refractivity contribution in [3.8, 4) is 17.1 Å². The lowest BCUT2D eigenvalue weighted by Gasteiger charge is -2.07. The number of benzene rings is 3. The van der Waals surface area contributed by atoms with Crippen molar-refractivity contribution >= 4 is 27.5 Å². The third-order valence-corrected chi connectivity index (χ3v) is 5.12. The predicted octanol–water partition coefficient (Wildman–Crippen LogP) is 5.71. The minimum absolute atomic E-state index is 0.0252. The van der Waals surface area contributed by atoms with Gasteiger partial charge < -0.3 is 5.32 Å². The number of hydrogen-bond acceptors (Lipinski definition) is 3. The number of aryl methyl sites for hydroxylation is 2. The second kappa shape index (κ2) is 8.20. The molecule has 4 aromatic rings. The molecule has 0 saturated heterocycles. The fourth-order valence-corrected chi connectivity index (χ4v) is 3.48. The molecule has 1 heterocycles. The Morgan fingerprint density at radius 2 is 1.70 bits per heavy atom. The van der Waals surface area contributed by atoms with E-state index in [2.05, 4.69) is 31.3 Å². The van der Waals surface area contributed by atoms with Gasteiger partial charge in [0.15, 0.2) is 5.82 Å². The van der Waals surface area contributed by atoms with Gasteiger partial charge in [0.2, 0.25) is 5.82 Å². The molecule has 0 unspecified atom stereocenters. The van der Waals surface area contributed by atoms with Crippen LogP contribution in [-0.4, -0.2) is 20.7 Å². The van der Waals surface area contributed by atoms with Crippen molar-refractivity contribution in [1.29, 1.82) is 0 Å². The fourth-order valence-electron chi connectivity index (χ4n) is 3.01. The molecule has 1 amide bonds. The highest BCUT2D eigenvalue weighted by molar-refractivity contribution is 9.10. The zero-order chi connectivity index (χ0) is 21.3. The van der Waals surface area contributed by atoms with Gasteiger partial charge in [-0.25, -0.2) is 14.1 Å². The summed E-state index contributed by atoms with van der Waals surface area (Å²) >= 11 is 3.41. The number of amides is 1. The van der Waals surface area contributed by atoms with E-state index in [0.29, 0.717) is 17.2 Å². The van der Waals surface area contributed by atoms with Gasteiger partial charge in [-0.05, 0) is 61.9 Å². The molecule has 0 bridgehead atoms. The number of aromatic nitrogens is 3. The van der Waals surface area contributed by atoms with E-state index in [-0.39, 0.29) is 11.6 Å². The lowest BCUT2D eigenvalue weighted by molar-refractivity contribution is 0.101. The molecule has 0 aliphatic heterocycles. The Balaban J connectivity index is 1.75. The third-order valence-electron chi connectivity index (χ3n) is 4.63. The van der Waals surface area contributed by atoms with Crippen LogP contribution >= 0.6 is 15.9 Å². The van der Waals surface area contributed by atoms with Crippen LogP contribution in [-0.2, 0) is 0 Å². The normalized spacial score (nSPS) is 10.8. The molecule has 0 radical (unpaired) electrons. The first-order chi connectivity index (χ1) is 14.4. The summed E-state index contributed by atoms with van der Waals surface area (Å²) < 4.78 is 15.9. The van der Waals surface area contributed by atoms with E-state index in [1.807, 2.05) is 56.3 Å². The van der Waals surface area contributed by atoms with Crippen molar-refractivity contribution in [2.45, 2.75) is 13.8 Å². The third kappa shape index (κ3) is 4.16. The van der Waals surface area contributed by atoms with Gasteiger partial charge in [0.1, 0.15) is 5.82 Å². The van der Waals surface area contributed by atoms with E-state index in [1.54, 1.807) is 16.8 Å². The van der Waals surface area contributed by atoms with Crippen LogP contribution < -0.4 is 5.32 Å². The molecule has 5 nitrogen and oxygen atoms in total.